The number of carbonyl (C=O) groups excluding carboxylic acids is 1. The summed E-state index contributed by atoms with van der Waals surface area (Å²) in [5, 5.41) is 8.59. The number of rotatable bonds is 5. The summed E-state index contributed by atoms with van der Waals surface area (Å²) in [6.07, 6.45) is 0.246. The molecule has 0 aliphatic rings. The van der Waals surface area contributed by atoms with Crippen LogP contribution < -0.4 is 5.32 Å². The van der Waals surface area contributed by atoms with Crippen molar-refractivity contribution in [2.75, 3.05) is 0 Å². The Balaban J connectivity index is 1.53. The van der Waals surface area contributed by atoms with Crippen molar-refractivity contribution in [3.8, 4) is 11.3 Å². The summed E-state index contributed by atoms with van der Waals surface area (Å²) in [6, 6.07) is 4.59. The Morgan fingerprint density at radius 2 is 2.03 bits per heavy atom. The van der Waals surface area contributed by atoms with E-state index in [9.17, 15) is 18.0 Å². The summed E-state index contributed by atoms with van der Waals surface area (Å²) in [5.74, 6) is -0.278. The summed E-state index contributed by atoms with van der Waals surface area (Å²) in [5.41, 5.74) is 0.722. The number of carbonyl (C=O) groups is 1. The lowest BCUT2D eigenvalue weighted by molar-refractivity contribution is -0.137. The number of benzene rings is 1. The second kappa shape index (κ2) is 7.32. The molecule has 0 saturated heterocycles. The molecule has 0 aliphatic carbocycles. The molecule has 0 unspecified atom stereocenters. The van der Waals surface area contributed by atoms with Crippen molar-refractivity contribution in [3.63, 3.8) is 0 Å². The average Bonchev–Trinajstić information content (AvgIpc) is 3.37. The SMILES string of the molecule is C[C@H](Cn1cncn1)NC(=O)c1csc2nc(-c3ccc(C(F)(F)F)cc3)cn12. The van der Waals surface area contributed by atoms with E-state index in [1.165, 1.54) is 29.8 Å². The van der Waals surface area contributed by atoms with E-state index < -0.39 is 11.7 Å². The molecule has 0 aliphatic heterocycles. The van der Waals surface area contributed by atoms with Gasteiger partial charge in [0.1, 0.15) is 18.3 Å². The maximum absolute atomic E-state index is 12.7. The highest BCUT2D eigenvalue weighted by atomic mass is 32.1. The van der Waals surface area contributed by atoms with Gasteiger partial charge in [-0.3, -0.25) is 13.9 Å². The van der Waals surface area contributed by atoms with E-state index in [1.807, 2.05) is 6.92 Å². The molecule has 3 heterocycles. The van der Waals surface area contributed by atoms with Crippen LogP contribution in [0.1, 0.15) is 23.0 Å². The highest BCUT2D eigenvalue weighted by Gasteiger charge is 2.30. The van der Waals surface area contributed by atoms with Crippen molar-refractivity contribution in [2.45, 2.75) is 25.7 Å². The van der Waals surface area contributed by atoms with Crippen LogP contribution in [0, 0.1) is 0 Å². The predicted octanol–water partition coefficient (Wildman–Crippen LogP) is 3.49. The number of alkyl halides is 3. The van der Waals surface area contributed by atoms with Crippen LogP contribution in [0.25, 0.3) is 16.2 Å². The number of hydrogen-bond acceptors (Lipinski definition) is 5. The maximum Gasteiger partial charge on any atom is 0.416 e. The van der Waals surface area contributed by atoms with Crippen molar-refractivity contribution < 1.29 is 18.0 Å². The van der Waals surface area contributed by atoms with Gasteiger partial charge in [-0.15, -0.1) is 11.3 Å². The standard InChI is InChI=1S/C18H15F3N6OS/c1-11(6-26-10-22-9-23-26)24-16(28)15-8-29-17-25-14(7-27(15)17)12-2-4-13(5-3-12)18(19,20)21/h2-5,7-11H,6H2,1H3,(H,24,28)/t11-/m1/s1. The highest BCUT2D eigenvalue weighted by molar-refractivity contribution is 7.15. The third-order valence-electron chi connectivity index (χ3n) is 4.25. The molecule has 4 rings (SSSR count). The number of hydrogen-bond donors (Lipinski definition) is 1. The van der Waals surface area contributed by atoms with E-state index in [-0.39, 0.29) is 11.9 Å². The van der Waals surface area contributed by atoms with Crippen LogP contribution in [0.5, 0.6) is 0 Å². The lowest BCUT2D eigenvalue weighted by Crippen LogP contribution is -2.36. The van der Waals surface area contributed by atoms with E-state index in [0.29, 0.717) is 28.5 Å². The Morgan fingerprint density at radius 1 is 1.28 bits per heavy atom. The number of imidazole rings is 1. The van der Waals surface area contributed by atoms with Crippen molar-refractivity contribution in [3.05, 3.63) is 59.8 Å². The zero-order chi connectivity index (χ0) is 20.6. The van der Waals surface area contributed by atoms with Crippen molar-refractivity contribution >= 4 is 22.2 Å². The van der Waals surface area contributed by atoms with E-state index in [4.69, 9.17) is 0 Å². The van der Waals surface area contributed by atoms with Crippen molar-refractivity contribution in [1.82, 2.24) is 29.5 Å². The number of thiazole rings is 1. The first-order chi connectivity index (χ1) is 13.8. The number of fused-ring (bicyclic) bond motifs is 1. The maximum atomic E-state index is 12.7. The molecule has 0 radical (unpaired) electrons. The first-order valence-corrected chi connectivity index (χ1v) is 9.47. The monoisotopic (exact) mass is 420 g/mol. The molecular formula is C18H15F3N6OS. The average molecular weight is 420 g/mol. The number of nitrogens with one attached hydrogen (secondary N) is 1. The molecule has 1 N–H and O–H groups in total. The van der Waals surface area contributed by atoms with Crippen molar-refractivity contribution in [1.29, 1.82) is 0 Å². The number of halogens is 3. The molecule has 29 heavy (non-hydrogen) atoms. The topological polar surface area (TPSA) is 77.1 Å². The van der Waals surface area contributed by atoms with Gasteiger partial charge in [0.15, 0.2) is 4.96 Å². The smallest absolute Gasteiger partial charge is 0.346 e. The molecule has 0 bridgehead atoms. The molecule has 3 aromatic heterocycles. The third-order valence-corrected chi connectivity index (χ3v) is 5.09. The molecule has 7 nitrogen and oxygen atoms in total. The third kappa shape index (κ3) is 3.99. The largest absolute Gasteiger partial charge is 0.416 e. The molecular weight excluding hydrogens is 405 g/mol. The van der Waals surface area contributed by atoms with Crippen LogP contribution >= 0.6 is 11.3 Å². The van der Waals surface area contributed by atoms with E-state index >= 15 is 0 Å². The minimum absolute atomic E-state index is 0.183. The summed E-state index contributed by atoms with van der Waals surface area (Å²) in [7, 11) is 0. The van der Waals surface area contributed by atoms with E-state index in [1.54, 1.807) is 27.0 Å². The Bertz CT molecular complexity index is 1130. The van der Waals surface area contributed by atoms with Crippen molar-refractivity contribution in [2.24, 2.45) is 0 Å². The fraction of sp³-hybridized carbons (Fsp3) is 0.222. The second-order valence-electron chi connectivity index (χ2n) is 6.47. The Labute approximate surface area is 166 Å². The van der Waals surface area contributed by atoms with E-state index in [0.717, 1.165) is 12.1 Å². The summed E-state index contributed by atoms with van der Waals surface area (Å²) < 4.78 is 41.5. The van der Waals surface area contributed by atoms with Gasteiger partial charge in [-0.25, -0.2) is 9.97 Å². The minimum Gasteiger partial charge on any atom is -0.346 e. The normalized spacial score (nSPS) is 13.0. The van der Waals surface area contributed by atoms with Gasteiger partial charge in [-0.1, -0.05) is 12.1 Å². The van der Waals surface area contributed by atoms with Gasteiger partial charge < -0.3 is 5.32 Å². The summed E-state index contributed by atoms with van der Waals surface area (Å²) in [6.45, 7) is 2.32. The van der Waals surface area contributed by atoms with Crippen LogP contribution in [-0.2, 0) is 12.7 Å². The Morgan fingerprint density at radius 3 is 2.69 bits per heavy atom. The van der Waals surface area contributed by atoms with Gasteiger partial charge in [0.2, 0.25) is 0 Å². The molecule has 11 heteroatoms. The number of nitrogens with zero attached hydrogens (tertiary/aromatic N) is 5. The molecule has 1 amide bonds. The van der Waals surface area contributed by atoms with Gasteiger partial charge in [0.25, 0.3) is 5.91 Å². The molecule has 1 aromatic carbocycles. The quantitative estimate of drug-likeness (QED) is 0.536. The van der Waals surface area contributed by atoms with Crippen LogP contribution in [-0.4, -0.2) is 36.1 Å². The van der Waals surface area contributed by atoms with Gasteiger partial charge >= 0.3 is 6.18 Å². The van der Waals surface area contributed by atoms with Crippen LogP contribution in [0.4, 0.5) is 13.2 Å². The zero-order valence-corrected chi connectivity index (χ0v) is 15.9. The second-order valence-corrected chi connectivity index (χ2v) is 7.30. The van der Waals surface area contributed by atoms with Gasteiger partial charge in [-0.05, 0) is 19.1 Å². The predicted molar refractivity (Wildman–Crippen MR) is 100 cm³/mol. The lowest BCUT2D eigenvalue weighted by Gasteiger charge is -2.13. The van der Waals surface area contributed by atoms with E-state index in [2.05, 4.69) is 20.4 Å². The Kier molecular flexibility index (Phi) is 4.82. The molecule has 150 valence electrons. The van der Waals surface area contributed by atoms with Crippen LogP contribution in [0.3, 0.4) is 0 Å². The highest BCUT2D eigenvalue weighted by Crippen LogP contribution is 2.31. The number of amides is 1. The molecule has 4 aromatic rings. The van der Waals surface area contributed by atoms with Crippen LogP contribution in [0.2, 0.25) is 0 Å². The molecule has 0 spiro atoms. The fourth-order valence-corrected chi connectivity index (χ4v) is 3.72. The zero-order valence-electron chi connectivity index (χ0n) is 15.1. The molecule has 0 fully saturated rings. The summed E-state index contributed by atoms with van der Waals surface area (Å²) >= 11 is 1.28. The van der Waals surface area contributed by atoms with Gasteiger partial charge in [0.05, 0.1) is 17.8 Å². The molecule has 1 atom stereocenters. The minimum atomic E-state index is -4.39. The van der Waals surface area contributed by atoms with Gasteiger partial charge in [0, 0.05) is 23.2 Å². The van der Waals surface area contributed by atoms with Gasteiger partial charge in [-0.2, -0.15) is 18.3 Å². The Hall–Kier alpha value is -3.21. The fourth-order valence-electron chi connectivity index (χ4n) is 2.87. The molecule has 0 saturated carbocycles. The first kappa shape index (κ1) is 19.1. The number of aromatic nitrogens is 5. The van der Waals surface area contributed by atoms with Crippen LogP contribution in [0.15, 0.2) is 48.5 Å². The lowest BCUT2D eigenvalue weighted by atomic mass is 10.1. The summed E-state index contributed by atoms with van der Waals surface area (Å²) in [4.78, 5) is 21.5. The first-order valence-electron chi connectivity index (χ1n) is 8.59.